The normalized spacial score (nSPS) is 32.8. The molecule has 1 nitrogen and oxygen atoms in total. The molecule has 0 heterocycles. The number of rotatable bonds is 4. The van der Waals surface area contributed by atoms with Crippen molar-refractivity contribution in [3.05, 3.63) is 0 Å². The molecule has 2 atom stereocenters. The Bertz CT molecular complexity index is 184. The maximum absolute atomic E-state index is 3.84. The van der Waals surface area contributed by atoms with E-state index in [1.165, 1.54) is 70.8 Å². The Morgan fingerprint density at radius 3 is 2.31 bits per heavy atom. The molecule has 0 amide bonds. The van der Waals surface area contributed by atoms with Crippen LogP contribution in [0.3, 0.4) is 0 Å². The Kier molecular flexibility index (Phi) is 5.15. The average Bonchev–Trinajstić information content (AvgIpc) is 2.73. The van der Waals surface area contributed by atoms with Crippen LogP contribution in [0.2, 0.25) is 0 Å². The van der Waals surface area contributed by atoms with Gasteiger partial charge in [-0.15, -0.1) is 0 Å². The van der Waals surface area contributed by atoms with Gasteiger partial charge < -0.3 is 5.32 Å². The van der Waals surface area contributed by atoms with E-state index in [2.05, 4.69) is 12.2 Å². The molecule has 1 heteroatoms. The minimum absolute atomic E-state index is 0.852. The van der Waals surface area contributed by atoms with Gasteiger partial charge in [0.1, 0.15) is 0 Å². The van der Waals surface area contributed by atoms with Gasteiger partial charge in [-0.2, -0.15) is 0 Å². The molecular weight excluding hydrogens is 194 g/mol. The van der Waals surface area contributed by atoms with Crippen molar-refractivity contribution in [2.24, 2.45) is 11.8 Å². The van der Waals surface area contributed by atoms with Crippen LogP contribution >= 0.6 is 0 Å². The number of nitrogens with one attached hydrogen (secondary N) is 1. The molecule has 2 aliphatic carbocycles. The standard InChI is InChI=1S/C15H29N/c1-2-12-16-15-11-5-3-4-10-14(15)13-8-6-7-9-13/h13-16H,2-12H2,1H3. The zero-order chi connectivity index (χ0) is 11.2. The maximum Gasteiger partial charge on any atom is 0.00979 e. The molecule has 0 aromatic heterocycles. The lowest BCUT2D eigenvalue weighted by atomic mass is 9.81. The summed E-state index contributed by atoms with van der Waals surface area (Å²) in [6.07, 6.45) is 14.7. The summed E-state index contributed by atoms with van der Waals surface area (Å²) >= 11 is 0. The van der Waals surface area contributed by atoms with Crippen molar-refractivity contribution in [3.63, 3.8) is 0 Å². The van der Waals surface area contributed by atoms with Gasteiger partial charge in [0.15, 0.2) is 0 Å². The molecule has 2 unspecified atom stereocenters. The summed E-state index contributed by atoms with van der Waals surface area (Å²) in [7, 11) is 0. The molecule has 0 aromatic rings. The van der Waals surface area contributed by atoms with Gasteiger partial charge in [0.05, 0.1) is 0 Å². The third-order valence-electron chi connectivity index (χ3n) is 4.73. The highest BCUT2D eigenvalue weighted by atomic mass is 14.9. The van der Waals surface area contributed by atoms with E-state index in [1.54, 1.807) is 0 Å². The second-order valence-electron chi connectivity index (χ2n) is 5.91. The molecule has 94 valence electrons. The van der Waals surface area contributed by atoms with Crippen molar-refractivity contribution in [1.82, 2.24) is 5.32 Å². The van der Waals surface area contributed by atoms with Crippen LogP contribution < -0.4 is 5.32 Å². The first kappa shape index (κ1) is 12.4. The number of hydrogen-bond acceptors (Lipinski definition) is 1. The first-order valence-electron chi connectivity index (χ1n) is 7.65. The van der Waals surface area contributed by atoms with Crippen LogP contribution in [0.5, 0.6) is 0 Å². The quantitative estimate of drug-likeness (QED) is 0.707. The minimum atomic E-state index is 0.852. The molecule has 0 aliphatic heterocycles. The van der Waals surface area contributed by atoms with Crippen LogP contribution in [-0.4, -0.2) is 12.6 Å². The fourth-order valence-corrected chi connectivity index (χ4v) is 3.87. The summed E-state index contributed by atoms with van der Waals surface area (Å²) < 4.78 is 0. The van der Waals surface area contributed by atoms with Crippen molar-refractivity contribution in [1.29, 1.82) is 0 Å². The van der Waals surface area contributed by atoms with Gasteiger partial charge in [-0.1, -0.05) is 51.9 Å². The Balaban J connectivity index is 1.91. The predicted octanol–water partition coefficient (Wildman–Crippen LogP) is 4.13. The Labute approximate surface area is 101 Å². The fourth-order valence-electron chi connectivity index (χ4n) is 3.87. The predicted molar refractivity (Wildman–Crippen MR) is 70.6 cm³/mol. The SMILES string of the molecule is CCCNC1CCCCCC1C1CCCC1. The van der Waals surface area contributed by atoms with Gasteiger partial charge in [-0.05, 0) is 37.6 Å². The molecule has 0 spiro atoms. The summed E-state index contributed by atoms with van der Waals surface area (Å²) in [6, 6.07) is 0.852. The molecule has 0 aromatic carbocycles. The molecular formula is C15H29N. The van der Waals surface area contributed by atoms with Gasteiger partial charge in [0.25, 0.3) is 0 Å². The second-order valence-corrected chi connectivity index (χ2v) is 5.91. The van der Waals surface area contributed by atoms with E-state index in [4.69, 9.17) is 0 Å². The lowest BCUT2D eigenvalue weighted by Gasteiger charge is -2.31. The maximum atomic E-state index is 3.84. The van der Waals surface area contributed by atoms with Crippen LogP contribution in [-0.2, 0) is 0 Å². The highest BCUT2D eigenvalue weighted by Gasteiger charge is 2.31. The molecule has 0 saturated heterocycles. The fraction of sp³-hybridized carbons (Fsp3) is 1.00. The minimum Gasteiger partial charge on any atom is -0.314 e. The van der Waals surface area contributed by atoms with E-state index in [0.717, 1.165) is 17.9 Å². The lowest BCUT2D eigenvalue weighted by Crippen LogP contribution is -2.39. The summed E-state index contributed by atoms with van der Waals surface area (Å²) in [5, 5.41) is 3.84. The van der Waals surface area contributed by atoms with Crippen LogP contribution in [0.15, 0.2) is 0 Å². The van der Waals surface area contributed by atoms with Crippen LogP contribution in [0.25, 0.3) is 0 Å². The van der Waals surface area contributed by atoms with E-state index < -0.39 is 0 Å². The third kappa shape index (κ3) is 3.23. The van der Waals surface area contributed by atoms with Crippen molar-refractivity contribution in [3.8, 4) is 0 Å². The van der Waals surface area contributed by atoms with Crippen LogP contribution in [0, 0.1) is 11.8 Å². The average molecular weight is 223 g/mol. The largest absolute Gasteiger partial charge is 0.314 e. The van der Waals surface area contributed by atoms with E-state index in [-0.39, 0.29) is 0 Å². The van der Waals surface area contributed by atoms with E-state index in [9.17, 15) is 0 Å². The summed E-state index contributed by atoms with van der Waals surface area (Å²) in [6.45, 7) is 3.52. The molecule has 0 radical (unpaired) electrons. The molecule has 2 fully saturated rings. The highest BCUT2D eigenvalue weighted by molar-refractivity contribution is 4.86. The van der Waals surface area contributed by atoms with Gasteiger partial charge in [0, 0.05) is 6.04 Å². The van der Waals surface area contributed by atoms with Gasteiger partial charge in [0.2, 0.25) is 0 Å². The smallest absolute Gasteiger partial charge is 0.00979 e. The molecule has 2 aliphatic rings. The zero-order valence-corrected chi connectivity index (χ0v) is 11.0. The molecule has 0 bridgehead atoms. The topological polar surface area (TPSA) is 12.0 Å². The Morgan fingerprint density at radius 1 is 0.875 bits per heavy atom. The first-order valence-corrected chi connectivity index (χ1v) is 7.65. The van der Waals surface area contributed by atoms with Crippen LogP contribution in [0.1, 0.15) is 71.1 Å². The van der Waals surface area contributed by atoms with Crippen molar-refractivity contribution < 1.29 is 0 Å². The second kappa shape index (κ2) is 6.64. The highest BCUT2D eigenvalue weighted by Crippen LogP contribution is 2.38. The van der Waals surface area contributed by atoms with Gasteiger partial charge in [-0.3, -0.25) is 0 Å². The van der Waals surface area contributed by atoms with Gasteiger partial charge in [-0.25, -0.2) is 0 Å². The lowest BCUT2D eigenvalue weighted by molar-refractivity contribution is 0.236. The third-order valence-corrected chi connectivity index (χ3v) is 4.73. The van der Waals surface area contributed by atoms with Crippen molar-refractivity contribution in [2.75, 3.05) is 6.54 Å². The van der Waals surface area contributed by atoms with Crippen molar-refractivity contribution >= 4 is 0 Å². The Morgan fingerprint density at radius 2 is 1.56 bits per heavy atom. The van der Waals surface area contributed by atoms with E-state index >= 15 is 0 Å². The first-order chi connectivity index (χ1) is 7.92. The molecule has 16 heavy (non-hydrogen) atoms. The number of hydrogen-bond donors (Lipinski definition) is 1. The molecule has 1 N–H and O–H groups in total. The van der Waals surface area contributed by atoms with E-state index in [1.807, 2.05) is 0 Å². The molecule has 2 rings (SSSR count). The summed E-state index contributed by atoms with van der Waals surface area (Å²) in [5.74, 6) is 2.07. The zero-order valence-electron chi connectivity index (χ0n) is 11.0. The van der Waals surface area contributed by atoms with Crippen LogP contribution in [0.4, 0.5) is 0 Å². The Hall–Kier alpha value is -0.0400. The van der Waals surface area contributed by atoms with Crippen molar-refractivity contribution in [2.45, 2.75) is 77.2 Å². The summed E-state index contributed by atoms with van der Waals surface area (Å²) in [4.78, 5) is 0. The monoisotopic (exact) mass is 223 g/mol. The van der Waals surface area contributed by atoms with Gasteiger partial charge >= 0.3 is 0 Å². The van der Waals surface area contributed by atoms with E-state index in [0.29, 0.717) is 0 Å². The summed E-state index contributed by atoms with van der Waals surface area (Å²) in [5.41, 5.74) is 0. The molecule has 2 saturated carbocycles.